The number of hydrogen-bond donors (Lipinski definition) is 2. The number of rotatable bonds is 5. The topological polar surface area (TPSA) is 105 Å². The maximum atomic E-state index is 13.4. The monoisotopic (exact) mass is 498 g/mol. The standard InChI is InChI=1S/C22H22ClF3N4O4/c1-13-10-30(20(32)16-7-6-15(8-17(16)23)34-12-22(24,25)26)18-5-3-2-4-14(18)11-29(13)21(33)28-9-19(27)31/h2-8,13H,9-12H2,1H3,(H2,27,31)(H,28,33)/t13-/m1/s1. The zero-order valence-electron chi connectivity index (χ0n) is 18.1. The smallest absolute Gasteiger partial charge is 0.422 e. The first-order valence-electron chi connectivity index (χ1n) is 10.2. The van der Waals surface area contributed by atoms with Gasteiger partial charge in [0.2, 0.25) is 5.91 Å². The normalized spacial score (nSPS) is 15.9. The number of carbonyl (C=O) groups is 3. The van der Waals surface area contributed by atoms with E-state index in [2.05, 4.69) is 10.1 Å². The lowest BCUT2D eigenvalue weighted by Gasteiger charge is -2.29. The highest BCUT2D eigenvalue weighted by molar-refractivity contribution is 6.34. The molecule has 1 aliphatic heterocycles. The van der Waals surface area contributed by atoms with E-state index in [1.807, 2.05) is 0 Å². The molecule has 1 atom stereocenters. The van der Waals surface area contributed by atoms with Crippen LogP contribution in [0.5, 0.6) is 5.75 Å². The molecule has 0 radical (unpaired) electrons. The van der Waals surface area contributed by atoms with Crippen LogP contribution in [0, 0.1) is 0 Å². The summed E-state index contributed by atoms with van der Waals surface area (Å²) in [5.74, 6) is -1.31. The summed E-state index contributed by atoms with van der Waals surface area (Å²) in [5, 5.41) is 2.37. The number of anilines is 1. The largest absolute Gasteiger partial charge is 0.484 e. The number of halogens is 4. The Balaban J connectivity index is 1.87. The van der Waals surface area contributed by atoms with Crippen molar-refractivity contribution >= 4 is 35.1 Å². The van der Waals surface area contributed by atoms with Crippen molar-refractivity contribution < 1.29 is 32.3 Å². The van der Waals surface area contributed by atoms with Crippen molar-refractivity contribution in [1.82, 2.24) is 10.2 Å². The number of primary amides is 1. The molecule has 0 aliphatic carbocycles. The molecular formula is C22H22ClF3N4O4. The first-order chi connectivity index (χ1) is 16.0. The van der Waals surface area contributed by atoms with E-state index in [1.54, 1.807) is 31.2 Å². The minimum absolute atomic E-state index is 0.0645. The molecule has 34 heavy (non-hydrogen) atoms. The van der Waals surface area contributed by atoms with Gasteiger partial charge >= 0.3 is 12.2 Å². The van der Waals surface area contributed by atoms with Crippen LogP contribution in [0.25, 0.3) is 0 Å². The summed E-state index contributed by atoms with van der Waals surface area (Å²) in [6.45, 7) is 0.198. The Morgan fingerprint density at radius 2 is 1.91 bits per heavy atom. The lowest BCUT2D eigenvalue weighted by molar-refractivity contribution is -0.153. The van der Waals surface area contributed by atoms with Crippen molar-refractivity contribution in [3.8, 4) is 5.75 Å². The van der Waals surface area contributed by atoms with Gasteiger partial charge in [-0.05, 0) is 36.8 Å². The number of para-hydroxylation sites is 1. The SMILES string of the molecule is C[C@@H]1CN(C(=O)c2ccc(OCC(F)(F)F)cc2Cl)c2ccccc2CN1C(=O)NCC(N)=O. The maximum absolute atomic E-state index is 13.4. The van der Waals surface area contributed by atoms with Gasteiger partial charge in [0, 0.05) is 24.8 Å². The molecule has 0 spiro atoms. The van der Waals surface area contributed by atoms with Crippen LogP contribution in [-0.2, 0) is 11.3 Å². The summed E-state index contributed by atoms with van der Waals surface area (Å²) >= 11 is 6.22. The lowest BCUT2D eigenvalue weighted by atomic mass is 10.1. The van der Waals surface area contributed by atoms with Gasteiger partial charge < -0.3 is 25.6 Å². The van der Waals surface area contributed by atoms with Gasteiger partial charge in [-0.2, -0.15) is 13.2 Å². The average molecular weight is 499 g/mol. The highest BCUT2D eigenvalue weighted by atomic mass is 35.5. The highest BCUT2D eigenvalue weighted by Gasteiger charge is 2.32. The van der Waals surface area contributed by atoms with Crippen LogP contribution in [0.4, 0.5) is 23.7 Å². The number of benzene rings is 2. The number of fused-ring (bicyclic) bond motifs is 1. The molecular weight excluding hydrogens is 477 g/mol. The van der Waals surface area contributed by atoms with E-state index in [0.717, 1.165) is 6.07 Å². The van der Waals surface area contributed by atoms with Gasteiger partial charge in [-0.1, -0.05) is 29.8 Å². The predicted octanol–water partition coefficient (Wildman–Crippen LogP) is 3.33. The van der Waals surface area contributed by atoms with Gasteiger partial charge in [0.05, 0.1) is 17.1 Å². The molecule has 2 aromatic rings. The van der Waals surface area contributed by atoms with Crippen LogP contribution < -0.4 is 20.7 Å². The molecule has 0 aromatic heterocycles. The molecule has 0 saturated carbocycles. The second-order valence-corrected chi connectivity index (χ2v) is 8.10. The molecule has 0 fully saturated rings. The minimum Gasteiger partial charge on any atom is -0.484 e. The summed E-state index contributed by atoms with van der Waals surface area (Å²) in [4.78, 5) is 40.0. The molecule has 1 aliphatic rings. The van der Waals surface area contributed by atoms with Crippen molar-refractivity contribution in [3.05, 3.63) is 58.6 Å². The third-order valence-electron chi connectivity index (χ3n) is 5.10. The number of nitrogens with one attached hydrogen (secondary N) is 1. The predicted molar refractivity (Wildman–Crippen MR) is 119 cm³/mol. The summed E-state index contributed by atoms with van der Waals surface area (Å²) in [6.07, 6.45) is -4.51. The summed E-state index contributed by atoms with van der Waals surface area (Å²) in [7, 11) is 0. The molecule has 3 N–H and O–H groups in total. The fourth-order valence-electron chi connectivity index (χ4n) is 3.51. The third-order valence-corrected chi connectivity index (χ3v) is 5.41. The van der Waals surface area contributed by atoms with Crippen molar-refractivity contribution in [2.75, 3.05) is 24.6 Å². The second kappa shape index (κ2) is 10.2. The van der Waals surface area contributed by atoms with Crippen LogP contribution in [0.15, 0.2) is 42.5 Å². The summed E-state index contributed by atoms with van der Waals surface area (Å²) < 4.78 is 41.9. The van der Waals surface area contributed by atoms with E-state index >= 15 is 0 Å². The number of nitrogens with two attached hydrogens (primary N) is 1. The van der Waals surface area contributed by atoms with Gasteiger partial charge in [0.1, 0.15) is 5.75 Å². The Kier molecular flexibility index (Phi) is 7.55. The van der Waals surface area contributed by atoms with E-state index in [4.69, 9.17) is 17.3 Å². The van der Waals surface area contributed by atoms with Crippen LogP contribution in [-0.4, -0.2) is 54.7 Å². The number of alkyl halides is 3. The highest BCUT2D eigenvalue weighted by Crippen LogP contribution is 2.31. The van der Waals surface area contributed by atoms with Crippen molar-refractivity contribution in [3.63, 3.8) is 0 Å². The van der Waals surface area contributed by atoms with Crippen LogP contribution in [0.3, 0.4) is 0 Å². The number of urea groups is 1. The number of carbonyl (C=O) groups excluding carboxylic acids is 3. The number of ether oxygens (including phenoxy) is 1. The molecule has 182 valence electrons. The molecule has 2 aromatic carbocycles. The van der Waals surface area contributed by atoms with E-state index < -0.39 is 36.7 Å². The molecule has 0 unspecified atom stereocenters. The Morgan fingerprint density at radius 3 is 2.56 bits per heavy atom. The zero-order valence-corrected chi connectivity index (χ0v) is 18.8. The van der Waals surface area contributed by atoms with Crippen molar-refractivity contribution in [1.29, 1.82) is 0 Å². The molecule has 0 bridgehead atoms. The van der Waals surface area contributed by atoms with Gasteiger partial charge in [0.25, 0.3) is 5.91 Å². The van der Waals surface area contributed by atoms with E-state index in [9.17, 15) is 27.6 Å². The van der Waals surface area contributed by atoms with E-state index in [-0.39, 0.29) is 36.0 Å². The summed E-state index contributed by atoms with van der Waals surface area (Å²) in [5.41, 5.74) is 6.40. The Morgan fingerprint density at radius 1 is 1.21 bits per heavy atom. The quantitative estimate of drug-likeness (QED) is 0.659. The number of nitrogens with zero attached hydrogens (tertiary/aromatic N) is 2. The Bertz CT molecular complexity index is 1100. The second-order valence-electron chi connectivity index (χ2n) is 7.69. The molecule has 1 heterocycles. The maximum Gasteiger partial charge on any atom is 0.422 e. The fraction of sp³-hybridized carbons (Fsp3) is 0.318. The lowest BCUT2D eigenvalue weighted by Crippen LogP contribution is -2.49. The average Bonchev–Trinajstić information content (AvgIpc) is 2.92. The first kappa shape index (κ1) is 25.2. The minimum atomic E-state index is -4.51. The summed E-state index contributed by atoms with van der Waals surface area (Å²) in [6, 6.07) is 9.69. The molecule has 4 amide bonds. The molecule has 12 heteroatoms. The van der Waals surface area contributed by atoms with Gasteiger partial charge in [-0.3, -0.25) is 9.59 Å². The number of amides is 4. The fourth-order valence-corrected chi connectivity index (χ4v) is 3.76. The number of hydrogen-bond acceptors (Lipinski definition) is 4. The van der Waals surface area contributed by atoms with Gasteiger partial charge in [0.15, 0.2) is 6.61 Å². The van der Waals surface area contributed by atoms with Gasteiger partial charge in [-0.15, -0.1) is 0 Å². The molecule has 3 rings (SSSR count). The van der Waals surface area contributed by atoms with Gasteiger partial charge in [-0.25, -0.2) is 4.79 Å². The first-order valence-corrected chi connectivity index (χ1v) is 10.6. The van der Waals surface area contributed by atoms with E-state index in [1.165, 1.54) is 21.9 Å². The molecule has 0 saturated heterocycles. The van der Waals surface area contributed by atoms with E-state index in [0.29, 0.717) is 11.3 Å². The Hall–Kier alpha value is -3.47. The molecule has 8 nitrogen and oxygen atoms in total. The van der Waals surface area contributed by atoms with Crippen LogP contribution in [0.2, 0.25) is 5.02 Å². The van der Waals surface area contributed by atoms with Crippen LogP contribution in [0.1, 0.15) is 22.8 Å². The van der Waals surface area contributed by atoms with Crippen molar-refractivity contribution in [2.24, 2.45) is 5.73 Å². The van der Waals surface area contributed by atoms with Crippen molar-refractivity contribution in [2.45, 2.75) is 25.7 Å². The van der Waals surface area contributed by atoms with Crippen LogP contribution >= 0.6 is 11.6 Å². The third kappa shape index (κ3) is 6.10. The Labute approximate surface area is 198 Å². The zero-order chi connectivity index (χ0) is 25.0.